The van der Waals surface area contributed by atoms with Crippen molar-refractivity contribution < 1.29 is 19.0 Å². The third-order valence-electron chi connectivity index (χ3n) is 4.26. The number of aromatic nitrogens is 1. The van der Waals surface area contributed by atoms with Crippen LogP contribution in [0.1, 0.15) is 33.7 Å². The molecule has 0 bridgehead atoms. The second-order valence-corrected chi connectivity index (χ2v) is 5.97. The van der Waals surface area contributed by atoms with E-state index in [1.165, 1.54) is 7.11 Å². The van der Waals surface area contributed by atoms with E-state index in [1.54, 1.807) is 25.3 Å². The molecule has 0 N–H and O–H groups in total. The number of hydrogen-bond donors (Lipinski definition) is 0. The van der Waals surface area contributed by atoms with Gasteiger partial charge in [0.05, 0.1) is 18.7 Å². The van der Waals surface area contributed by atoms with E-state index >= 15 is 0 Å². The maximum atomic E-state index is 12.6. The van der Waals surface area contributed by atoms with Crippen LogP contribution in [-0.2, 0) is 11.3 Å². The molecule has 0 spiro atoms. The zero-order chi connectivity index (χ0) is 19.1. The van der Waals surface area contributed by atoms with Crippen molar-refractivity contribution in [3.63, 3.8) is 0 Å². The van der Waals surface area contributed by atoms with Crippen molar-refractivity contribution in [1.29, 1.82) is 5.26 Å². The summed E-state index contributed by atoms with van der Waals surface area (Å²) in [5.74, 6) is 0.776. The van der Waals surface area contributed by atoms with Gasteiger partial charge in [0.2, 0.25) is 5.78 Å². The molecule has 1 heterocycles. The second kappa shape index (κ2) is 9.07. The zero-order valence-electron chi connectivity index (χ0n) is 15.7. The normalized spacial score (nSPS) is 10.4. The molecular weight excluding hydrogens is 332 g/mol. The Morgan fingerprint density at radius 2 is 1.96 bits per heavy atom. The molecule has 2 rings (SSSR count). The average Bonchev–Trinajstić information content (AvgIpc) is 2.94. The summed E-state index contributed by atoms with van der Waals surface area (Å²) in [7, 11) is 3.18. The Balaban J connectivity index is 2.09. The summed E-state index contributed by atoms with van der Waals surface area (Å²) >= 11 is 0. The van der Waals surface area contributed by atoms with Gasteiger partial charge in [-0.3, -0.25) is 4.79 Å². The predicted molar refractivity (Wildman–Crippen MR) is 97.9 cm³/mol. The van der Waals surface area contributed by atoms with Gasteiger partial charge in [0.1, 0.15) is 0 Å². The number of benzene rings is 1. The summed E-state index contributed by atoms with van der Waals surface area (Å²) in [5, 5.41) is 8.94. The van der Waals surface area contributed by atoms with Crippen LogP contribution in [-0.4, -0.2) is 37.8 Å². The number of Topliss-reactive ketones (excluding diaryl/α,β-unsaturated/α-hetero) is 1. The number of hydrogen-bond acceptors (Lipinski definition) is 5. The molecule has 26 heavy (non-hydrogen) atoms. The Hall–Kier alpha value is -2.78. The smallest absolute Gasteiger partial charge is 0.202 e. The van der Waals surface area contributed by atoms with Gasteiger partial charge in [0.25, 0.3) is 0 Å². The molecule has 138 valence electrons. The summed E-state index contributed by atoms with van der Waals surface area (Å²) in [4.78, 5) is 12.6. The van der Waals surface area contributed by atoms with Crippen molar-refractivity contribution in [2.45, 2.75) is 26.8 Å². The molecule has 0 atom stereocenters. The summed E-state index contributed by atoms with van der Waals surface area (Å²) in [6, 6.07) is 8.79. The van der Waals surface area contributed by atoms with Crippen LogP contribution >= 0.6 is 0 Å². The molecule has 6 heteroatoms. The van der Waals surface area contributed by atoms with Crippen molar-refractivity contribution in [3.05, 3.63) is 46.8 Å². The number of carbonyl (C=O) groups is 1. The summed E-state index contributed by atoms with van der Waals surface area (Å²) in [6.45, 7) is 5.33. The van der Waals surface area contributed by atoms with E-state index in [4.69, 9.17) is 19.5 Å². The van der Waals surface area contributed by atoms with E-state index in [-0.39, 0.29) is 12.4 Å². The van der Waals surface area contributed by atoms with E-state index in [0.717, 1.165) is 24.4 Å². The minimum Gasteiger partial charge on any atom is -0.493 e. The molecule has 0 radical (unpaired) electrons. The number of ketones is 1. The van der Waals surface area contributed by atoms with Crippen molar-refractivity contribution in [2.24, 2.45) is 0 Å². The Labute approximate surface area is 153 Å². The Kier molecular flexibility index (Phi) is 6.81. The lowest BCUT2D eigenvalue weighted by atomic mass is 10.1. The predicted octanol–water partition coefficient (Wildman–Crippen LogP) is 3.28. The molecular formula is C20H24N2O4. The first-order chi connectivity index (χ1) is 12.5. The molecule has 2 aromatic rings. The number of carbonyl (C=O) groups excluding carboxylic acids is 1. The number of ether oxygens (including phenoxy) is 3. The molecule has 0 aliphatic rings. The Morgan fingerprint density at radius 3 is 2.62 bits per heavy atom. The van der Waals surface area contributed by atoms with Gasteiger partial charge < -0.3 is 18.8 Å². The second-order valence-electron chi connectivity index (χ2n) is 5.97. The van der Waals surface area contributed by atoms with Gasteiger partial charge >= 0.3 is 0 Å². The lowest BCUT2D eigenvalue weighted by molar-refractivity contribution is 0.0918. The minimum atomic E-state index is -0.0949. The molecule has 0 fully saturated rings. The van der Waals surface area contributed by atoms with Gasteiger partial charge in [-0.2, -0.15) is 5.26 Å². The third kappa shape index (κ3) is 4.44. The number of aryl methyl sites for hydroxylation is 1. The molecule has 0 aliphatic carbocycles. The fourth-order valence-corrected chi connectivity index (χ4v) is 2.87. The van der Waals surface area contributed by atoms with Gasteiger partial charge in [0.15, 0.2) is 18.1 Å². The van der Waals surface area contributed by atoms with E-state index in [2.05, 4.69) is 4.57 Å². The van der Waals surface area contributed by atoms with Crippen LogP contribution in [0.5, 0.6) is 11.5 Å². The van der Waals surface area contributed by atoms with Crippen molar-refractivity contribution in [3.8, 4) is 17.6 Å². The summed E-state index contributed by atoms with van der Waals surface area (Å²) < 4.78 is 18.1. The highest BCUT2D eigenvalue weighted by molar-refractivity contribution is 5.98. The van der Waals surface area contributed by atoms with Gasteiger partial charge in [-0.05, 0) is 38.5 Å². The number of methoxy groups -OCH3 is 2. The van der Waals surface area contributed by atoms with E-state index in [0.29, 0.717) is 29.2 Å². The average molecular weight is 356 g/mol. The zero-order valence-corrected chi connectivity index (χ0v) is 15.7. The Bertz CT molecular complexity index is 818. The quantitative estimate of drug-likeness (QED) is 0.509. The first kappa shape index (κ1) is 19.5. The van der Waals surface area contributed by atoms with Crippen LogP contribution in [0.4, 0.5) is 0 Å². The molecule has 0 aliphatic heterocycles. The first-order valence-corrected chi connectivity index (χ1v) is 8.41. The fourth-order valence-electron chi connectivity index (χ4n) is 2.87. The largest absolute Gasteiger partial charge is 0.493 e. The molecule has 6 nitrogen and oxygen atoms in total. The van der Waals surface area contributed by atoms with E-state index in [9.17, 15) is 4.79 Å². The van der Waals surface area contributed by atoms with Gasteiger partial charge in [-0.15, -0.1) is 0 Å². The SMILES string of the molecule is COCCCn1c(C)cc(C(=O)COc2ccc(C#N)cc2OC)c1C. The standard InChI is InChI=1S/C20H24N2O4/c1-14-10-17(15(2)22(14)8-5-9-24-3)18(23)13-26-19-7-6-16(12-21)11-20(19)25-4/h6-7,10-11H,5,8-9,13H2,1-4H3. The number of nitriles is 1. The lowest BCUT2D eigenvalue weighted by Crippen LogP contribution is -2.13. The highest BCUT2D eigenvalue weighted by atomic mass is 16.5. The summed E-state index contributed by atoms with van der Waals surface area (Å²) in [6.07, 6.45) is 0.888. The van der Waals surface area contributed by atoms with E-state index < -0.39 is 0 Å². The van der Waals surface area contributed by atoms with Crippen LogP contribution in [0.3, 0.4) is 0 Å². The molecule has 0 saturated heterocycles. The van der Waals surface area contributed by atoms with Crippen LogP contribution in [0.25, 0.3) is 0 Å². The van der Waals surface area contributed by atoms with Gasteiger partial charge in [-0.1, -0.05) is 0 Å². The van der Waals surface area contributed by atoms with Crippen molar-refractivity contribution in [2.75, 3.05) is 27.4 Å². The van der Waals surface area contributed by atoms with Gasteiger partial charge in [-0.25, -0.2) is 0 Å². The van der Waals surface area contributed by atoms with Crippen LogP contribution in [0.15, 0.2) is 24.3 Å². The topological polar surface area (TPSA) is 73.5 Å². The van der Waals surface area contributed by atoms with Crippen LogP contribution < -0.4 is 9.47 Å². The summed E-state index contributed by atoms with van der Waals surface area (Å²) in [5.41, 5.74) is 3.10. The number of rotatable bonds is 9. The molecule has 0 amide bonds. The van der Waals surface area contributed by atoms with Crippen molar-refractivity contribution >= 4 is 5.78 Å². The Morgan fingerprint density at radius 1 is 1.19 bits per heavy atom. The maximum Gasteiger partial charge on any atom is 0.202 e. The maximum absolute atomic E-state index is 12.6. The number of nitrogens with zero attached hydrogens (tertiary/aromatic N) is 2. The third-order valence-corrected chi connectivity index (χ3v) is 4.26. The monoisotopic (exact) mass is 356 g/mol. The minimum absolute atomic E-state index is 0.0926. The molecule has 0 unspecified atom stereocenters. The van der Waals surface area contributed by atoms with Crippen LogP contribution in [0.2, 0.25) is 0 Å². The molecule has 1 aromatic carbocycles. The lowest BCUT2D eigenvalue weighted by Gasteiger charge is -2.11. The van der Waals surface area contributed by atoms with Crippen molar-refractivity contribution in [1.82, 2.24) is 4.57 Å². The van der Waals surface area contributed by atoms with Gasteiger partial charge in [0, 0.05) is 43.3 Å². The van der Waals surface area contributed by atoms with E-state index in [1.807, 2.05) is 26.0 Å². The first-order valence-electron chi connectivity index (χ1n) is 8.41. The molecule has 0 saturated carbocycles. The van der Waals surface area contributed by atoms with Crippen LogP contribution in [0, 0.1) is 25.2 Å². The molecule has 1 aromatic heterocycles. The fraction of sp³-hybridized carbons (Fsp3) is 0.400. The highest BCUT2D eigenvalue weighted by Gasteiger charge is 2.17. The highest BCUT2D eigenvalue weighted by Crippen LogP contribution is 2.28.